The Balaban J connectivity index is 2.04. The number of nitrogens with zero attached hydrogens (tertiary/aromatic N) is 1. The van der Waals surface area contributed by atoms with Crippen molar-refractivity contribution in [3.05, 3.63) is 28.2 Å². The molecule has 21 heavy (non-hydrogen) atoms. The topological polar surface area (TPSA) is 46.3 Å². The predicted octanol–water partition coefficient (Wildman–Crippen LogP) is 3.67. The molecule has 3 nitrogen and oxygen atoms in total. The van der Waals surface area contributed by atoms with Crippen LogP contribution in [0.1, 0.15) is 20.3 Å². The van der Waals surface area contributed by atoms with E-state index < -0.39 is 0 Å². The van der Waals surface area contributed by atoms with E-state index in [-0.39, 0.29) is 17.2 Å². The second kappa shape index (κ2) is 7.23. The highest BCUT2D eigenvalue weighted by Gasteiger charge is 2.34. The van der Waals surface area contributed by atoms with Gasteiger partial charge in [-0.1, -0.05) is 23.2 Å². The summed E-state index contributed by atoms with van der Waals surface area (Å²) >= 11 is 13.6. The molecule has 6 heteroatoms. The zero-order chi connectivity index (χ0) is 15.6. The maximum absolute atomic E-state index is 12.6. The largest absolute Gasteiger partial charge is 0.339 e. The fourth-order valence-electron chi connectivity index (χ4n) is 2.66. The van der Waals surface area contributed by atoms with Gasteiger partial charge in [0.2, 0.25) is 5.91 Å². The fourth-order valence-corrected chi connectivity index (χ4v) is 4.14. The van der Waals surface area contributed by atoms with Gasteiger partial charge in [0, 0.05) is 22.5 Å². The van der Waals surface area contributed by atoms with Crippen molar-refractivity contribution in [2.24, 2.45) is 11.7 Å². The third-order valence-corrected chi connectivity index (χ3v) is 5.65. The van der Waals surface area contributed by atoms with Gasteiger partial charge in [-0.15, -0.1) is 11.8 Å². The van der Waals surface area contributed by atoms with E-state index in [1.165, 1.54) is 11.8 Å². The van der Waals surface area contributed by atoms with Crippen LogP contribution >= 0.6 is 35.0 Å². The van der Waals surface area contributed by atoms with Gasteiger partial charge < -0.3 is 10.6 Å². The van der Waals surface area contributed by atoms with E-state index in [9.17, 15) is 4.79 Å². The van der Waals surface area contributed by atoms with Gasteiger partial charge in [0.1, 0.15) is 0 Å². The van der Waals surface area contributed by atoms with Gasteiger partial charge >= 0.3 is 0 Å². The molecule has 3 atom stereocenters. The number of thioether (sulfide) groups is 1. The van der Waals surface area contributed by atoms with Crippen LogP contribution in [0.25, 0.3) is 0 Å². The van der Waals surface area contributed by atoms with Crippen LogP contribution in [0.5, 0.6) is 0 Å². The van der Waals surface area contributed by atoms with E-state index in [0.717, 1.165) is 17.9 Å². The van der Waals surface area contributed by atoms with Crippen LogP contribution in [0, 0.1) is 5.92 Å². The first kappa shape index (κ1) is 16.9. The molecule has 1 saturated heterocycles. The summed E-state index contributed by atoms with van der Waals surface area (Å²) in [6.07, 6.45) is 0.984. The molecule has 0 aliphatic carbocycles. The summed E-state index contributed by atoms with van der Waals surface area (Å²) in [5.74, 6) is 0.551. The lowest BCUT2D eigenvalue weighted by Crippen LogP contribution is -2.39. The molecule has 1 heterocycles. The van der Waals surface area contributed by atoms with Gasteiger partial charge in [-0.2, -0.15) is 0 Å². The number of carbonyl (C=O) groups is 1. The Hall–Kier alpha value is -0.420. The molecule has 1 aliphatic rings. The van der Waals surface area contributed by atoms with Crippen LogP contribution in [0.3, 0.4) is 0 Å². The summed E-state index contributed by atoms with van der Waals surface area (Å²) in [7, 11) is 0. The Morgan fingerprint density at radius 3 is 2.86 bits per heavy atom. The number of hydrogen-bond donors (Lipinski definition) is 1. The Kier molecular flexibility index (Phi) is 5.83. The van der Waals surface area contributed by atoms with Crippen LogP contribution in [0.15, 0.2) is 23.1 Å². The molecule has 1 fully saturated rings. The molecule has 2 rings (SSSR count). The molecule has 3 unspecified atom stereocenters. The van der Waals surface area contributed by atoms with E-state index in [4.69, 9.17) is 28.9 Å². The second-order valence-corrected chi connectivity index (χ2v) is 7.74. The van der Waals surface area contributed by atoms with E-state index >= 15 is 0 Å². The Labute approximate surface area is 140 Å². The van der Waals surface area contributed by atoms with Crippen molar-refractivity contribution in [1.82, 2.24) is 4.90 Å². The molecule has 116 valence electrons. The minimum atomic E-state index is -0.194. The minimum Gasteiger partial charge on any atom is -0.339 e. The molecule has 1 aromatic rings. The summed E-state index contributed by atoms with van der Waals surface area (Å²) in [4.78, 5) is 15.4. The molecular weight excluding hydrogens is 327 g/mol. The van der Waals surface area contributed by atoms with Crippen LogP contribution in [0.2, 0.25) is 10.0 Å². The van der Waals surface area contributed by atoms with Crippen molar-refractivity contribution < 1.29 is 4.79 Å². The molecule has 1 aromatic carbocycles. The SMILES string of the molecule is CC(Sc1cc(Cl)ccc1Cl)C(=O)N1CC(CN)CC1C. The summed E-state index contributed by atoms with van der Waals surface area (Å²) in [5.41, 5.74) is 5.72. The van der Waals surface area contributed by atoms with Gasteiger partial charge in [-0.25, -0.2) is 0 Å². The number of carbonyl (C=O) groups excluding carboxylic acids is 1. The summed E-state index contributed by atoms with van der Waals surface area (Å²) in [5, 5.41) is 1.05. The van der Waals surface area contributed by atoms with Crippen molar-refractivity contribution in [3.63, 3.8) is 0 Å². The van der Waals surface area contributed by atoms with Gasteiger partial charge in [0.15, 0.2) is 0 Å². The first-order valence-corrected chi connectivity index (χ1v) is 8.68. The van der Waals surface area contributed by atoms with Gasteiger partial charge in [-0.05, 0) is 50.9 Å². The van der Waals surface area contributed by atoms with Crippen LogP contribution in [-0.2, 0) is 4.79 Å². The third-order valence-electron chi connectivity index (χ3n) is 3.82. The second-order valence-electron chi connectivity index (χ2n) is 5.51. The van der Waals surface area contributed by atoms with Crippen LogP contribution in [0.4, 0.5) is 0 Å². The lowest BCUT2D eigenvalue weighted by atomic mass is 10.1. The molecule has 0 bridgehead atoms. The first-order valence-electron chi connectivity index (χ1n) is 7.04. The fraction of sp³-hybridized carbons (Fsp3) is 0.533. The molecule has 0 spiro atoms. The quantitative estimate of drug-likeness (QED) is 0.846. The highest BCUT2D eigenvalue weighted by Crippen LogP contribution is 2.34. The Morgan fingerprint density at radius 1 is 1.52 bits per heavy atom. The van der Waals surface area contributed by atoms with Crippen LogP contribution < -0.4 is 5.73 Å². The number of benzene rings is 1. The maximum atomic E-state index is 12.6. The molecule has 0 aromatic heterocycles. The minimum absolute atomic E-state index is 0.138. The van der Waals surface area contributed by atoms with E-state index in [2.05, 4.69) is 6.92 Å². The highest BCUT2D eigenvalue weighted by atomic mass is 35.5. The molecule has 1 amide bonds. The summed E-state index contributed by atoms with van der Waals surface area (Å²) < 4.78 is 0. The van der Waals surface area contributed by atoms with Crippen molar-refractivity contribution in [2.75, 3.05) is 13.1 Å². The number of rotatable bonds is 4. The number of amides is 1. The van der Waals surface area contributed by atoms with Crippen molar-refractivity contribution in [1.29, 1.82) is 0 Å². The summed E-state index contributed by atoms with van der Waals surface area (Å²) in [6, 6.07) is 5.55. The Morgan fingerprint density at radius 2 is 2.24 bits per heavy atom. The normalized spacial score (nSPS) is 23.4. The Bertz CT molecular complexity index is 526. The highest BCUT2D eigenvalue weighted by molar-refractivity contribution is 8.00. The maximum Gasteiger partial charge on any atom is 0.236 e. The smallest absolute Gasteiger partial charge is 0.236 e. The molecule has 1 aliphatic heterocycles. The van der Waals surface area contributed by atoms with Gasteiger partial charge in [0.05, 0.1) is 10.3 Å². The number of hydrogen-bond acceptors (Lipinski definition) is 3. The monoisotopic (exact) mass is 346 g/mol. The lowest BCUT2D eigenvalue weighted by Gasteiger charge is -2.25. The average Bonchev–Trinajstić information content (AvgIpc) is 2.83. The summed E-state index contributed by atoms with van der Waals surface area (Å²) in [6.45, 7) is 5.38. The zero-order valence-corrected chi connectivity index (χ0v) is 14.5. The zero-order valence-electron chi connectivity index (χ0n) is 12.2. The van der Waals surface area contributed by atoms with Crippen molar-refractivity contribution in [3.8, 4) is 0 Å². The van der Waals surface area contributed by atoms with Gasteiger partial charge in [-0.3, -0.25) is 4.79 Å². The standard InChI is InChI=1S/C15H20Cl2N2OS/c1-9-5-11(7-18)8-19(9)15(20)10(2)21-14-6-12(16)3-4-13(14)17/h3-4,6,9-11H,5,7-8,18H2,1-2H3. The number of halogens is 2. The van der Waals surface area contributed by atoms with E-state index in [0.29, 0.717) is 22.5 Å². The van der Waals surface area contributed by atoms with E-state index in [1.54, 1.807) is 18.2 Å². The number of likely N-dealkylation sites (tertiary alicyclic amines) is 1. The molecule has 0 saturated carbocycles. The van der Waals surface area contributed by atoms with Gasteiger partial charge in [0.25, 0.3) is 0 Å². The van der Waals surface area contributed by atoms with Crippen molar-refractivity contribution >= 4 is 40.9 Å². The number of nitrogens with two attached hydrogens (primary N) is 1. The van der Waals surface area contributed by atoms with Crippen LogP contribution in [-0.4, -0.2) is 35.2 Å². The van der Waals surface area contributed by atoms with Crippen molar-refractivity contribution in [2.45, 2.75) is 36.5 Å². The predicted molar refractivity (Wildman–Crippen MR) is 90.1 cm³/mol. The van der Waals surface area contributed by atoms with E-state index in [1.807, 2.05) is 11.8 Å². The lowest BCUT2D eigenvalue weighted by molar-refractivity contribution is -0.130. The first-order chi connectivity index (χ1) is 9.92. The molecule has 2 N–H and O–H groups in total. The molecular formula is C15H20Cl2N2OS. The molecule has 0 radical (unpaired) electrons. The average molecular weight is 347 g/mol. The third kappa shape index (κ3) is 4.07.